The number of hydrazine groups is 1. The summed E-state index contributed by atoms with van der Waals surface area (Å²) in [6.07, 6.45) is 14.5. The van der Waals surface area contributed by atoms with Crippen molar-refractivity contribution in [2.24, 2.45) is 0 Å². The Morgan fingerprint density at radius 1 is 1.04 bits per heavy atom. The van der Waals surface area contributed by atoms with Crippen LogP contribution in [0.25, 0.3) is 0 Å². The van der Waals surface area contributed by atoms with Crippen LogP contribution in [0.5, 0.6) is 0 Å². The van der Waals surface area contributed by atoms with Gasteiger partial charge in [0.2, 0.25) is 5.95 Å². The van der Waals surface area contributed by atoms with Crippen LogP contribution >= 0.6 is 0 Å². The first kappa shape index (κ1) is 16.3. The second-order valence-corrected chi connectivity index (χ2v) is 6.52. The number of nitrogens with one attached hydrogen (secondary N) is 3. The van der Waals surface area contributed by atoms with Gasteiger partial charge in [0, 0.05) is 24.5 Å². The van der Waals surface area contributed by atoms with E-state index in [1.807, 2.05) is 54.8 Å². The monoisotopic (exact) mass is 350 g/mol. The van der Waals surface area contributed by atoms with E-state index in [0.717, 1.165) is 36.5 Å². The van der Waals surface area contributed by atoms with Crippen molar-refractivity contribution in [2.75, 3.05) is 15.6 Å². The molecule has 0 unspecified atom stereocenters. The van der Waals surface area contributed by atoms with Gasteiger partial charge in [-0.1, -0.05) is 0 Å². The lowest BCUT2D eigenvalue weighted by atomic mass is 10.2. The molecular formula is C18H22N8. The molecule has 3 N–H and O–H groups in total. The number of nitrogens with zero attached hydrogens (tertiary/aromatic N) is 5. The molecule has 1 saturated carbocycles. The molecule has 2 aliphatic rings. The highest BCUT2D eigenvalue weighted by Crippen LogP contribution is 2.25. The minimum atomic E-state index is 0.353. The van der Waals surface area contributed by atoms with Crippen molar-refractivity contribution in [1.82, 2.24) is 25.6 Å². The lowest BCUT2D eigenvalue weighted by Gasteiger charge is -2.22. The zero-order valence-corrected chi connectivity index (χ0v) is 14.6. The molecule has 0 bridgehead atoms. The molecule has 2 aromatic heterocycles. The Kier molecular flexibility index (Phi) is 4.63. The number of aryl methyl sites for hydroxylation is 1. The van der Waals surface area contributed by atoms with E-state index in [0.29, 0.717) is 18.0 Å². The molecule has 0 aromatic carbocycles. The minimum Gasteiger partial charge on any atom is -0.367 e. The van der Waals surface area contributed by atoms with Crippen LogP contribution < -0.4 is 21.1 Å². The van der Waals surface area contributed by atoms with E-state index in [1.54, 1.807) is 6.20 Å². The fourth-order valence-electron chi connectivity index (χ4n) is 3.17. The van der Waals surface area contributed by atoms with Gasteiger partial charge in [-0.3, -0.25) is 5.01 Å². The zero-order valence-electron chi connectivity index (χ0n) is 14.6. The van der Waals surface area contributed by atoms with Crippen LogP contribution in [0.3, 0.4) is 0 Å². The third kappa shape index (κ3) is 3.90. The fourth-order valence-corrected chi connectivity index (χ4v) is 3.17. The molecule has 1 fully saturated rings. The normalized spacial score (nSPS) is 21.5. The molecule has 1 aliphatic carbocycles. The summed E-state index contributed by atoms with van der Waals surface area (Å²) in [5, 5.41) is 16.9. The number of anilines is 3. The van der Waals surface area contributed by atoms with Crippen LogP contribution in [-0.2, 0) is 0 Å². The summed E-state index contributed by atoms with van der Waals surface area (Å²) >= 11 is 0. The summed E-state index contributed by atoms with van der Waals surface area (Å²) in [5.74, 6) is 1.49. The van der Waals surface area contributed by atoms with E-state index in [2.05, 4.69) is 36.2 Å². The maximum Gasteiger partial charge on any atom is 0.242 e. The molecular weight excluding hydrogens is 328 g/mol. The predicted molar refractivity (Wildman–Crippen MR) is 101 cm³/mol. The van der Waals surface area contributed by atoms with Gasteiger partial charge in [0.1, 0.15) is 5.82 Å². The molecule has 0 saturated heterocycles. The van der Waals surface area contributed by atoms with E-state index < -0.39 is 0 Å². The molecule has 0 radical (unpaired) electrons. The molecule has 0 spiro atoms. The highest BCUT2D eigenvalue weighted by atomic mass is 15.5. The van der Waals surface area contributed by atoms with Gasteiger partial charge in [-0.25, -0.2) is 9.97 Å². The molecule has 26 heavy (non-hydrogen) atoms. The van der Waals surface area contributed by atoms with Crippen molar-refractivity contribution in [3.05, 3.63) is 54.8 Å². The molecule has 1 aliphatic heterocycles. The van der Waals surface area contributed by atoms with Crippen LogP contribution in [0.1, 0.15) is 25.0 Å². The summed E-state index contributed by atoms with van der Waals surface area (Å²) < 4.78 is 0. The molecule has 8 nitrogen and oxygen atoms in total. The average molecular weight is 350 g/mol. The number of aromatic nitrogens is 4. The molecule has 2 atom stereocenters. The standard InChI is InChI=1S/C18H22N8/c1-13-11-20-18(25-24-13)23-15-5-4-14(10-15)22-17-7-6-16(12-19-17)26-9-3-2-8-21-26/h2-3,6-9,11-12,14-15,21H,4-5,10H2,1H3,(H,19,22)(H,20,23,25)/t14-,15-/m0/s1. The molecule has 4 rings (SSSR count). The molecule has 134 valence electrons. The van der Waals surface area contributed by atoms with Crippen molar-refractivity contribution < 1.29 is 0 Å². The third-order valence-electron chi connectivity index (χ3n) is 4.48. The Hall–Kier alpha value is -3.16. The van der Waals surface area contributed by atoms with Gasteiger partial charge in [0.05, 0.1) is 23.8 Å². The molecule has 8 heteroatoms. The van der Waals surface area contributed by atoms with Gasteiger partial charge in [-0.2, -0.15) is 5.10 Å². The summed E-state index contributed by atoms with van der Waals surface area (Å²) in [7, 11) is 0. The number of pyridine rings is 1. The predicted octanol–water partition coefficient (Wildman–Crippen LogP) is 2.37. The van der Waals surface area contributed by atoms with Gasteiger partial charge in [0.15, 0.2) is 0 Å². The quantitative estimate of drug-likeness (QED) is 0.757. The summed E-state index contributed by atoms with van der Waals surface area (Å²) in [6.45, 7) is 1.88. The first-order chi connectivity index (χ1) is 12.8. The summed E-state index contributed by atoms with van der Waals surface area (Å²) in [6, 6.07) is 4.80. The number of allylic oxidation sites excluding steroid dienone is 2. The van der Waals surface area contributed by atoms with Crippen LogP contribution in [0.15, 0.2) is 49.1 Å². The fraction of sp³-hybridized carbons (Fsp3) is 0.333. The SMILES string of the molecule is Cc1cnc(N[C@H]2CC[C@H](Nc3ccc(N4C=CC=CN4)cn3)C2)nn1. The Morgan fingerprint density at radius 3 is 2.62 bits per heavy atom. The lowest BCUT2D eigenvalue weighted by Crippen LogP contribution is -2.30. The Labute approximate surface area is 152 Å². The lowest BCUT2D eigenvalue weighted by molar-refractivity contribution is 0.712. The van der Waals surface area contributed by atoms with Gasteiger partial charge in [0.25, 0.3) is 0 Å². The third-order valence-corrected chi connectivity index (χ3v) is 4.48. The smallest absolute Gasteiger partial charge is 0.242 e. The second kappa shape index (κ2) is 7.38. The maximum atomic E-state index is 4.53. The highest BCUT2D eigenvalue weighted by molar-refractivity contribution is 5.52. The van der Waals surface area contributed by atoms with Crippen LogP contribution in [0.2, 0.25) is 0 Å². The first-order valence-corrected chi connectivity index (χ1v) is 8.80. The van der Waals surface area contributed by atoms with Crippen molar-refractivity contribution >= 4 is 17.5 Å². The zero-order chi connectivity index (χ0) is 17.8. The number of rotatable bonds is 5. The van der Waals surface area contributed by atoms with E-state index in [4.69, 9.17) is 0 Å². The Bertz CT molecular complexity index is 784. The Balaban J connectivity index is 1.30. The van der Waals surface area contributed by atoms with Crippen molar-refractivity contribution in [3.8, 4) is 0 Å². The average Bonchev–Trinajstić information content (AvgIpc) is 3.12. The van der Waals surface area contributed by atoms with Gasteiger partial charge in [-0.15, -0.1) is 5.10 Å². The van der Waals surface area contributed by atoms with Gasteiger partial charge in [-0.05, 0) is 50.5 Å². The van der Waals surface area contributed by atoms with E-state index >= 15 is 0 Å². The van der Waals surface area contributed by atoms with Crippen LogP contribution in [-0.4, -0.2) is 32.2 Å². The number of hydrogen-bond acceptors (Lipinski definition) is 8. The van der Waals surface area contributed by atoms with Crippen molar-refractivity contribution in [3.63, 3.8) is 0 Å². The second-order valence-electron chi connectivity index (χ2n) is 6.52. The van der Waals surface area contributed by atoms with E-state index in [1.165, 1.54) is 0 Å². The molecule has 3 heterocycles. The van der Waals surface area contributed by atoms with Crippen LogP contribution in [0, 0.1) is 6.92 Å². The summed E-state index contributed by atoms with van der Waals surface area (Å²) in [4.78, 5) is 8.80. The van der Waals surface area contributed by atoms with E-state index in [-0.39, 0.29) is 0 Å². The topological polar surface area (TPSA) is 90.9 Å². The van der Waals surface area contributed by atoms with Gasteiger partial charge >= 0.3 is 0 Å². The van der Waals surface area contributed by atoms with Crippen molar-refractivity contribution in [2.45, 2.75) is 38.3 Å². The van der Waals surface area contributed by atoms with Gasteiger partial charge < -0.3 is 16.1 Å². The molecule has 0 amide bonds. The number of hydrogen-bond donors (Lipinski definition) is 3. The molecule has 2 aromatic rings. The van der Waals surface area contributed by atoms with Crippen molar-refractivity contribution in [1.29, 1.82) is 0 Å². The minimum absolute atomic E-state index is 0.353. The highest BCUT2D eigenvalue weighted by Gasteiger charge is 2.25. The van der Waals surface area contributed by atoms with E-state index in [9.17, 15) is 0 Å². The largest absolute Gasteiger partial charge is 0.367 e. The first-order valence-electron chi connectivity index (χ1n) is 8.80. The summed E-state index contributed by atoms with van der Waals surface area (Å²) in [5.41, 5.74) is 4.95. The Morgan fingerprint density at radius 2 is 1.92 bits per heavy atom. The maximum absolute atomic E-state index is 4.53. The van der Waals surface area contributed by atoms with Crippen LogP contribution in [0.4, 0.5) is 17.5 Å².